The highest BCUT2D eigenvalue weighted by atomic mass is 16.5. The van der Waals surface area contributed by atoms with Crippen molar-refractivity contribution in [3.8, 4) is 0 Å². The maximum Gasteiger partial charge on any atom is 0.326 e. The van der Waals surface area contributed by atoms with E-state index in [-0.39, 0.29) is 25.9 Å². The number of hydrogen-bond donors (Lipinski definition) is 5. The number of ether oxygens (including phenoxy) is 1. The molecule has 4 aromatic carbocycles. The van der Waals surface area contributed by atoms with E-state index < -0.39 is 71.4 Å². The van der Waals surface area contributed by atoms with Crippen molar-refractivity contribution >= 4 is 74.3 Å². The summed E-state index contributed by atoms with van der Waals surface area (Å²) >= 11 is 0. The summed E-state index contributed by atoms with van der Waals surface area (Å²) in [7, 11) is 1.16. The number of benzene rings is 4. The van der Waals surface area contributed by atoms with Crippen molar-refractivity contribution in [1.29, 1.82) is 0 Å². The molecular weight excluding hydrogens is 817 g/mol. The maximum atomic E-state index is 13.1. The number of carboxylic acid groups (broad SMARTS) is 3. The smallest absolute Gasteiger partial charge is 0.326 e. The number of nitrogens with one attached hydrogen (secondary N) is 2. The average Bonchev–Trinajstić information content (AvgIpc) is 3.61. The molecule has 4 aromatic rings. The third-order valence-electron chi connectivity index (χ3n) is 11.8. The van der Waals surface area contributed by atoms with E-state index in [0.717, 1.165) is 62.6 Å². The fraction of sp³-hybridized carbons (Fsp3) is 0.300. The molecule has 0 aliphatic carbocycles. The molecule has 6 rings (SSSR count). The Labute approximate surface area is 370 Å². The van der Waals surface area contributed by atoms with E-state index in [9.17, 15) is 39.0 Å². The van der Waals surface area contributed by atoms with E-state index in [0.29, 0.717) is 0 Å². The van der Waals surface area contributed by atoms with Crippen molar-refractivity contribution in [3.05, 3.63) is 132 Å². The zero-order chi connectivity index (χ0) is 46.3. The van der Waals surface area contributed by atoms with Gasteiger partial charge in [-0.05, 0) is 59.2 Å². The van der Waals surface area contributed by atoms with Crippen LogP contribution in [0.15, 0.2) is 121 Å². The number of nitrogens with zero attached hydrogens (tertiary/aromatic N) is 2. The molecule has 0 radical (unpaired) electrons. The summed E-state index contributed by atoms with van der Waals surface area (Å²) in [6.07, 6.45) is 12.2. The van der Waals surface area contributed by atoms with Crippen LogP contribution in [0.3, 0.4) is 0 Å². The molecule has 0 saturated heterocycles. The minimum Gasteiger partial charge on any atom is -0.481 e. The van der Waals surface area contributed by atoms with Crippen LogP contribution in [0.1, 0.15) is 64.5 Å². The second kappa shape index (κ2) is 19.4. The number of esters is 1. The van der Waals surface area contributed by atoms with Crippen LogP contribution in [0, 0.1) is 0 Å². The quantitative estimate of drug-likeness (QED) is 0.0406. The molecular formula is C50H53N4O10+. The Bertz CT molecular complexity index is 2690. The van der Waals surface area contributed by atoms with Crippen LogP contribution in [0.4, 0.5) is 11.4 Å². The Morgan fingerprint density at radius 2 is 1.25 bits per heavy atom. The lowest BCUT2D eigenvalue weighted by Gasteiger charge is -2.27. The SMILES string of the molecule is COC(=O)CC(NC(=O)CC[N+]1=C(/C=C/C=C/C=C/C=C2/N(CCC(=O)NC(CC(=O)O)C(=O)O)c3ccc4ccccc4c3C2(C)C)C(C)(C)c2c1ccc1ccccc21)C(=O)O. The summed E-state index contributed by atoms with van der Waals surface area (Å²) < 4.78 is 6.68. The van der Waals surface area contributed by atoms with Crippen molar-refractivity contribution in [2.24, 2.45) is 0 Å². The zero-order valence-corrected chi connectivity index (χ0v) is 36.5. The van der Waals surface area contributed by atoms with E-state index in [2.05, 4.69) is 70.7 Å². The number of aliphatic carboxylic acids is 3. The molecule has 2 atom stereocenters. The minimum atomic E-state index is -1.54. The van der Waals surface area contributed by atoms with Gasteiger partial charge in [-0.1, -0.05) is 98.8 Å². The van der Waals surface area contributed by atoms with Crippen LogP contribution in [0.5, 0.6) is 0 Å². The van der Waals surface area contributed by atoms with Gasteiger partial charge in [0.05, 0.1) is 31.8 Å². The number of methoxy groups -OCH3 is 1. The molecule has 64 heavy (non-hydrogen) atoms. The van der Waals surface area contributed by atoms with Gasteiger partial charge < -0.3 is 35.6 Å². The van der Waals surface area contributed by atoms with E-state index in [1.807, 2.05) is 97.1 Å². The largest absolute Gasteiger partial charge is 0.481 e. The summed E-state index contributed by atoms with van der Waals surface area (Å²) in [5.74, 6) is -5.92. The zero-order valence-electron chi connectivity index (χ0n) is 36.5. The van der Waals surface area contributed by atoms with Crippen molar-refractivity contribution in [2.45, 2.75) is 76.3 Å². The summed E-state index contributed by atoms with van der Waals surface area (Å²) in [5, 5.41) is 37.4. The van der Waals surface area contributed by atoms with E-state index in [1.165, 1.54) is 0 Å². The predicted molar refractivity (Wildman–Crippen MR) is 244 cm³/mol. The number of amides is 2. The highest BCUT2D eigenvalue weighted by molar-refractivity contribution is 6.08. The van der Waals surface area contributed by atoms with Crippen LogP contribution >= 0.6 is 0 Å². The fourth-order valence-electron chi connectivity index (χ4n) is 8.82. The second-order valence-electron chi connectivity index (χ2n) is 16.8. The van der Waals surface area contributed by atoms with Crippen molar-refractivity contribution in [1.82, 2.24) is 10.6 Å². The van der Waals surface area contributed by atoms with E-state index in [1.54, 1.807) is 0 Å². The first kappa shape index (κ1) is 46.2. The van der Waals surface area contributed by atoms with Crippen LogP contribution < -0.4 is 15.5 Å². The average molecular weight is 870 g/mol. The Balaban J connectivity index is 1.25. The molecule has 0 bridgehead atoms. The number of rotatable bonds is 18. The summed E-state index contributed by atoms with van der Waals surface area (Å²) in [6, 6.07) is 21.4. The molecule has 0 fully saturated rings. The van der Waals surface area contributed by atoms with Gasteiger partial charge in [-0.15, -0.1) is 0 Å². The maximum absolute atomic E-state index is 13.1. The second-order valence-corrected chi connectivity index (χ2v) is 16.8. The number of anilines is 1. The Kier molecular flexibility index (Phi) is 14.0. The normalized spacial score (nSPS) is 16.7. The van der Waals surface area contributed by atoms with Gasteiger partial charge in [0.2, 0.25) is 17.5 Å². The lowest BCUT2D eigenvalue weighted by atomic mass is 9.79. The monoisotopic (exact) mass is 869 g/mol. The standard InChI is InChI=1S/C50H52N4O10/c1-49(2)39(53(27-25-41(55)51-35(47(60)61)29-43(57)58)37-23-21-31-15-11-13-17-33(31)45(37)49)19-9-7-6-8-10-20-40-50(3,4)46-34-18-14-12-16-32(34)22-24-38(46)54(40)28-26-42(56)52-36(48(62)63)30-44(59)64-5/h6-24,35-36H,25-30H2,1-5H3,(H4-,51,52,55,56,57,58,60,61,62,63)/p+1. The van der Waals surface area contributed by atoms with Gasteiger partial charge in [0.1, 0.15) is 12.1 Å². The molecule has 2 aliphatic rings. The van der Waals surface area contributed by atoms with Crippen molar-refractivity contribution < 1.29 is 53.4 Å². The lowest BCUT2D eigenvalue weighted by molar-refractivity contribution is -0.436. The third kappa shape index (κ3) is 9.81. The molecule has 5 N–H and O–H groups in total. The van der Waals surface area contributed by atoms with E-state index >= 15 is 0 Å². The molecule has 2 aliphatic heterocycles. The Morgan fingerprint density at radius 3 is 1.88 bits per heavy atom. The molecule has 2 unspecified atom stereocenters. The molecule has 0 aromatic heterocycles. The van der Waals surface area contributed by atoms with Gasteiger partial charge in [-0.3, -0.25) is 19.2 Å². The number of fused-ring (bicyclic) bond motifs is 6. The molecule has 2 heterocycles. The number of carbonyl (C=O) groups excluding carboxylic acids is 3. The van der Waals surface area contributed by atoms with Gasteiger partial charge in [-0.25, -0.2) is 9.59 Å². The van der Waals surface area contributed by atoms with Gasteiger partial charge in [0.25, 0.3) is 0 Å². The molecule has 14 nitrogen and oxygen atoms in total. The van der Waals surface area contributed by atoms with Gasteiger partial charge in [0.15, 0.2) is 12.3 Å². The van der Waals surface area contributed by atoms with Crippen molar-refractivity contribution in [3.63, 3.8) is 0 Å². The summed E-state index contributed by atoms with van der Waals surface area (Å²) in [4.78, 5) is 74.6. The number of carbonyl (C=O) groups is 6. The first-order chi connectivity index (χ1) is 30.4. The number of hydrogen-bond acceptors (Lipinski definition) is 8. The molecule has 332 valence electrons. The first-order valence-electron chi connectivity index (χ1n) is 21.0. The highest BCUT2D eigenvalue weighted by Crippen LogP contribution is 2.51. The highest BCUT2D eigenvalue weighted by Gasteiger charge is 2.46. The predicted octanol–water partition coefficient (Wildman–Crippen LogP) is 6.68. The van der Waals surface area contributed by atoms with Crippen LogP contribution in [0.2, 0.25) is 0 Å². The van der Waals surface area contributed by atoms with Crippen LogP contribution in [-0.4, -0.2) is 93.6 Å². The van der Waals surface area contributed by atoms with E-state index in [4.69, 9.17) is 5.11 Å². The van der Waals surface area contributed by atoms with Crippen molar-refractivity contribution in [2.75, 3.05) is 25.1 Å². The van der Waals surface area contributed by atoms with Crippen LogP contribution in [0.25, 0.3) is 21.5 Å². The summed E-state index contributed by atoms with van der Waals surface area (Å²) in [6.45, 7) is 8.96. The lowest BCUT2D eigenvalue weighted by Crippen LogP contribution is -2.43. The van der Waals surface area contributed by atoms with Crippen LogP contribution in [-0.2, 0) is 44.3 Å². The third-order valence-corrected chi connectivity index (χ3v) is 11.8. The molecule has 0 spiro atoms. The Morgan fingerprint density at radius 1 is 0.688 bits per heavy atom. The Hall–Kier alpha value is -7.35. The molecule has 2 amide bonds. The first-order valence-corrected chi connectivity index (χ1v) is 21.0. The van der Waals surface area contributed by atoms with Gasteiger partial charge in [-0.2, -0.15) is 4.58 Å². The minimum absolute atomic E-state index is 0.0385. The summed E-state index contributed by atoms with van der Waals surface area (Å²) in [5.41, 5.74) is 4.93. The van der Waals surface area contributed by atoms with Gasteiger partial charge >= 0.3 is 23.9 Å². The topological polar surface area (TPSA) is 203 Å². The molecule has 14 heteroatoms. The number of allylic oxidation sites excluding steroid dienone is 8. The fourth-order valence-corrected chi connectivity index (χ4v) is 8.82. The molecule has 0 saturated carbocycles. The van der Waals surface area contributed by atoms with Gasteiger partial charge in [0, 0.05) is 47.5 Å². The number of carboxylic acids is 3.